The Labute approximate surface area is 126 Å². The molecule has 1 aromatic rings. The fourth-order valence-electron chi connectivity index (χ4n) is 2.69. The van der Waals surface area contributed by atoms with Crippen LogP contribution in [0.3, 0.4) is 0 Å². The van der Waals surface area contributed by atoms with Crippen LogP contribution >= 0.6 is 15.9 Å². The lowest BCUT2D eigenvalue weighted by molar-refractivity contribution is -0.145. The van der Waals surface area contributed by atoms with E-state index in [1.165, 1.54) is 0 Å². The Balaban J connectivity index is 2.15. The van der Waals surface area contributed by atoms with E-state index in [1.54, 1.807) is 4.90 Å². The molecule has 108 valence electrons. The molecule has 2 rings (SSSR count). The molecule has 0 radical (unpaired) electrons. The Kier molecular flexibility index (Phi) is 4.48. The molecule has 1 amide bonds. The van der Waals surface area contributed by atoms with Gasteiger partial charge in [-0.2, -0.15) is 0 Å². The van der Waals surface area contributed by atoms with Gasteiger partial charge in [-0.3, -0.25) is 9.59 Å². The largest absolute Gasteiger partial charge is 0.481 e. The van der Waals surface area contributed by atoms with Crippen LogP contribution in [0, 0.1) is 18.8 Å². The molecule has 1 N–H and O–H groups in total. The third-order valence-corrected chi connectivity index (χ3v) is 4.43. The van der Waals surface area contributed by atoms with Crippen LogP contribution in [0.4, 0.5) is 0 Å². The number of hydrogen-bond acceptors (Lipinski definition) is 2. The number of piperidine rings is 1. The number of carbonyl (C=O) groups excluding carboxylic acids is 1. The third-order valence-electron chi connectivity index (χ3n) is 3.94. The minimum absolute atomic E-state index is 0.0144. The smallest absolute Gasteiger partial charge is 0.306 e. The molecule has 5 heteroatoms. The molecule has 1 heterocycles. The van der Waals surface area contributed by atoms with Crippen molar-refractivity contribution in [3.63, 3.8) is 0 Å². The normalized spacial score (nSPS) is 22.6. The maximum absolute atomic E-state index is 12.6. The fourth-order valence-corrected chi connectivity index (χ4v) is 3.05. The van der Waals surface area contributed by atoms with Crippen LogP contribution in [-0.4, -0.2) is 35.0 Å². The molecule has 0 saturated carbocycles. The summed E-state index contributed by atoms with van der Waals surface area (Å²) in [6.07, 6.45) is 0.523. The molecule has 1 aromatic carbocycles. The number of carboxylic acid groups (broad SMARTS) is 1. The van der Waals surface area contributed by atoms with Crippen molar-refractivity contribution in [2.24, 2.45) is 11.8 Å². The van der Waals surface area contributed by atoms with Crippen LogP contribution < -0.4 is 0 Å². The van der Waals surface area contributed by atoms with Crippen molar-refractivity contribution in [3.8, 4) is 0 Å². The van der Waals surface area contributed by atoms with Crippen molar-refractivity contribution >= 4 is 27.8 Å². The summed E-state index contributed by atoms with van der Waals surface area (Å²) in [4.78, 5) is 25.4. The third kappa shape index (κ3) is 3.03. The maximum atomic E-state index is 12.6. The Hall–Kier alpha value is -1.36. The lowest BCUT2D eigenvalue weighted by atomic mass is 9.86. The molecular weight excluding hydrogens is 322 g/mol. The standard InChI is InChI=1S/C15H18BrNO3/c1-9-3-4-11(16)7-13(9)14(18)17-6-5-12(15(19)20)10(2)8-17/h3-4,7,10,12H,5-6,8H2,1-2H3,(H,19,20). The lowest BCUT2D eigenvalue weighted by Crippen LogP contribution is -2.45. The van der Waals surface area contributed by atoms with Crippen LogP contribution in [0.15, 0.2) is 22.7 Å². The summed E-state index contributed by atoms with van der Waals surface area (Å²) < 4.78 is 0.875. The molecular formula is C15H18BrNO3. The SMILES string of the molecule is Cc1ccc(Br)cc1C(=O)N1CCC(C(=O)O)C(C)C1. The van der Waals surface area contributed by atoms with Gasteiger partial charge < -0.3 is 10.0 Å². The Morgan fingerprint density at radius 1 is 1.40 bits per heavy atom. The van der Waals surface area contributed by atoms with Crippen molar-refractivity contribution in [3.05, 3.63) is 33.8 Å². The van der Waals surface area contributed by atoms with Gasteiger partial charge in [0.25, 0.3) is 5.91 Å². The number of aliphatic carboxylic acids is 1. The van der Waals surface area contributed by atoms with Crippen molar-refractivity contribution in [2.75, 3.05) is 13.1 Å². The van der Waals surface area contributed by atoms with E-state index in [4.69, 9.17) is 5.11 Å². The molecule has 0 aromatic heterocycles. The number of benzene rings is 1. The summed E-state index contributed by atoms with van der Waals surface area (Å²) in [6.45, 7) is 4.81. The van der Waals surface area contributed by atoms with Gasteiger partial charge in [0.05, 0.1) is 5.92 Å². The first-order valence-corrected chi connectivity index (χ1v) is 7.47. The predicted molar refractivity (Wildman–Crippen MR) is 79.7 cm³/mol. The molecule has 1 aliphatic rings. The quantitative estimate of drug-likeness (QED) is 0.901. The van der Waals surface area contributed by atoms with Crippen molar-refractivity contribution in [1.29, 1.82) is 0 Å². The van der Waals surface area contributed by atoms with E-state index in [-0.39, 0.29) is 17.7 Å². The van der Waals surface area contributed by atoms with Gasteiger partial charge in [0.15, 0.2) is 0 Å². The van der Waals surface area contributed by atoms with Gasteiger partial charge in [-0.15, -0.1) is 0 Å². The first-order chi connectivity index (χ1) is 9.40. The zero-order valence-corrected chi connectivity index (χ0v) is 13.2. The van der Waals surface area contributed by atoms with E-state index in [0.717, 1.165) is 10.0 Å². The second kappa shape index (κ2) is 5.95. The molecule has 2 unspecified atom stereocenters. The van der Waals surface area contributed by atoms with Crippen LogP contribution in [0.1, 0.15) is 29.3 Å². The summed E-state index contributed by atoms with van der Waals surface area (Å²) in [6, 6.07) is 5.64. The van der Waals surface area contributed by atoms with Crippen LogP contribution in [0.25, 0.3) is 0 Å². The van der Waals surface area contributed by atoms with Crippen LogP contribution in [-0.2, 0) is 4.79 Å². The molecule has 20 heavy (non-hydrogen) atoms. The second-order valence-electron chi connectivity index (χ2n) is 5.42. The summed E-state index contributed by atoms with van der Waals surface area (Å²) in [5.41, 5.74) is 1.62. The van der Waals surface area contributed by atoms with E-state index in [1.807, 2.05) is 32.0 Å². The average Bonchev–Trinajstić information content (AvgIpc) is 2.40. The number of carbonyl (C=O) groups is 2. The number of amides is 1. The Morgan fingerprint density at radius 3 is 2.70 bits per heavy atom. The summed E-state index contributed by atoms with van der Waals surface area (Å²) in [5, 5.41) is 9.12. The van der Waals surface area contributed by atoms with E-state index in [0.29, 0.717) is 25.1 Å². The number of halogens is 1. The highest BCUT2D eigenvalue weighted by atomic mass is 79.9. The minimum atomic E-state index is -0.761. The van der Waals surface area contributed by atoms with E-state index in [2.05, 4.69) is 15.9 Å². The number of aryl methyl sites for hydroxylation is 1. The number of hydrogen-bond donors (Lipinski definition) is 1. The summed E-state index contributed by atoms with van der Waals surface area (Å²) in [7, 11) is 0. The van der Waals surface area contributed by atoms with Gasteiger partial charge in [0.1, 0.15) is 0 Å². The second-order valence-corrected chi connectivity index (χ2v) is 6.34. The maximum Gasteiger partial charge on any atom is 0.306 e. The monoisotopic (exact) mass is 339 g/mol. The average molecular weight is 340 g/mol. The molecule has 1 aliphatic heterocycles. The van der Waals surface area contributed by atoms with E-state index < -0.39 is 5.97 Å². The van der Waals surface area contributed by atoms with Gasteiger partial charge in [0.2, 0.25) is 0 Å². The van der Waals surface area contributed by atoms with Gasteiger partial charge in [0, 0.05) is 23.1 Å². The minimum Gasteiger partial charge on any atom is -0.481 e. The number of likely N-dealkylation sites (tertiary alicyclic amines) is 1. The summed E-state index contributed by atoms with van der Waals surface area (Å²) in [5.74, 6) is -1.14. The zero-order valence-electron chi connectivity index (χ0n) is 11.6. The Morgan fingerprint density at radius 2 is 2.10 bits per heavy atom. The highest BCUT2D eigenvalue weighted by Gasteiger charge is 2.33. The number of carboxylic acids is 1. The van der Waals surface area contributed by atoms with Gasteiger partial charge in [-0.1, -0.05) is 28.9 Å². The van der Waals surface area contributed by atoms with Gasteiger partial charge in [-0.05, 0) is 37.0 Å². The molecule has 0 spiro atoms. The van der Waals surface area contributed by atoms with Crippen molar-refractivity contribution in [2.45, 2.75) is 20.3 Å². The molecule has 0 aliphatic carbocycles. The molecule has 1 fully saturated rings. The Bertz CT molecular complexity index is 544. The predicted octanol–water partition coefficient (Wildman–Crippen LogP) is 2.94. The van der Waals surface area contributed by atoms with E-state index in [9.17, 15) is 9.59 Å². The van der Waals surface area contributed by atoms with E-state index >= 15 is 0 Å². The van der Waals surface area contributed by atoms with Crippen molar-refractivity contribution in [1.82, 2.24) is 4.90 Å². The topological polar surface area (TPSA) is 57.6 Å². The lowest BCUT2D eigenvalue weighted by Gasteiger charge is -2.35. The molecule has 4 nitrogen and oxygen atoms in total. The van der Waals surface area contributed by atoms with Crippen molar-refractivity contribution < 1.29 is 14.7 Å². The van der Waals surface area contributed by atoms with Crippen LogP contribution in [0.2, 0.25) is 0 Å². The number of nitrogens with zero attached hydrogens (tertiary/aromatic N) is 1. The number of rotatable bonds is 2. The highest BCUT2D eigenvalue weighted by Crippen LogP contribution is 2.26. The highest BCUT2D eigenvalue weighted by molar-refractivity contribution is 9.10. The first kappa shape index (κ1) is 15.0. The van der Waals surface area contributed by atoms with Gasteiger partial charge >= 0.3 is 5.97 Å². The summed E-state index contributed by atoms with van der Waals surface area (Å²) >= 11 is 3.38. The first-order valence-electron chi connectivity index (χ1n) is 6.68. The van der Waals surface area contributed by atoms with Gasteiger partial charge in [-0.25, -0.2) is 0 Å². The molecule has 2 atom stereocenters. The fraction of sp³-hybridized carbons (Fsp3) is 0.467. The van der Waals surface area contributed by atoms with Crippen LogP contribution in [0.5, 0.6) is 0 Å². The molecule has 0 bridgehead atoms. The molecule has 1 saturated heterocycles. The zero-order chi connectivity index (χ0) is 14.9.